The van der Waals surface area contributed by atoms with Gasteiger partial charge in [-0.15, -0.1) is 0 Å². The first-order chi connectivity index (χ1) is 17.3. The first kappa shape index (κ1) is 23.0. The number of aliphatic carboxylic acids is 2. The van der Waals surface area contributed by atoms with E-state index in [4.69, 9.17) is 20.7 Å². The zero-order valence-corrected chi connectivity index (χ0v) is 20.5. The number of rotatable bonds is 9. The Hall–Kier alpha value is -3.75. The number of nitrogen functional groups attached to an aromatic ring is 2. The molecular weight excluding hydrogens is 471 g/mol. The first-order valence-electron chi connectivity index (χ1n) is 11.2. The van der Waals surface area contributed by atoms with Crippen LogP contribution in [0.4, 0.5) is 17.5 Å². The average molecular weight is 496 g/mol. The summed E-state index contributed by atoms with van der Waals surface area (Å²) in [5.74, 6) is -3.71. The number of anilines is 3. The van der Waals surface area contributed by atoms with Gasteiger partial charge in [0, 0.05) is 58.3 Å². The second-order valence-electron chi connectivity index (χ2n) is 7.11. The number of carboxylic acids is 2. The van der Waals surface area contributed by atoms with Crippen LogP contribution in [0.1, 0.15) is 33.0 Å². The zero-order chi connectivity index (χ0) is 27.5. The summed E-state index contributed by atoms with van der Waals surface area (Å²) < 4.78 is 23.7. The van der Waals surface area contributed by atoms with Gasteiger partial charge in [0.2, 0.25) is 5.95 Å². The molecular formula is C20H22N8NaO6. The smallest absolute Gasteiger partial charge is 0.326 e. The van der Waals surface area contributed by atoms with Crippen molar-refractivity contribution < 1.29 is 28.7 Å². The maximum absolute atomic E-state index is 12.5. The van der Waals surface area contributed by atoms with Gasteiger partial charge in [-0.25, -0.2) is 9.78 Å². The van der Waals surface area contributed by atoms with Crippen LogP contribution in [0.3, 0.4) is 0 Å². The van der Waals surface area contributed by atoms with Crippen LogP contribution in [0.5, 0.6) is 0 Å². The summed E-state index contributed by atoms with van der Waals surface area (Å²) in [5, 5.41) is 20.2. The molecule has 1 aromatic carbocycles. The van der Waals surface area contributed by atoms with E-state index in [2.05, 4.69) is 25.3 Å². The van der Waals surface area contributed by atoms with Crippen molar-refractivity contribution in [1.82, 2.24) is 25.3 Å². The fourth-order valence-corrected chi connectivity index (χ4v) is 2.96. The normalized spacial score (nSPS) is 13.0. The summed E-state index contributed by atoms with van der Waals surface area (Å²) in [6.45, 7) is -3.21. The molecule has 1 radical (unpaired) electrons. The van der Waals surface area contributed by atoms with Gasteiger partial charge in [-0.05, 0) is 30.7 Å². The molecule has 8 N–H and O–H groups in total. The summed E-state index contributed by atoms with van der Waals surface area (Å²) in [7, 11) is 0. The largest absolute Gasteiger partial charge is 0.481 e. The van der Waals surface area contributed by atoms with Crippen molar-refractivity contribution in [1.29, 1.82) is 0 Å². The van der Waals surface area contributed by atoms with E-state index in [1.807, 2.05) is 0 Å². The molecule has 0 aliphatic carbocycles. The number of H-pyrrole nitrogens is 1. The molecule has 1 atom stereocenters. The van der Waals surface area contributed by atoms with Crippen molar-refractivity contribution in [3.63, 3.8) is 0 Å². The predicted molar refractivity (Wildman–Crippen MR) is 127 cm³/mol. The number of aromatic nitrogens is 4. The number of nitrogens with one attached hydrogen (secondary N) is 2. The third-order valence-electron chi connectivity index (χ3n) is 4.67. The molecule has 0 aliphatic heterocycles. The number of carbonyl (C=O) groups excluding carboxylic acids is 1. The quantitative estimate of drug-likeness (QED) is 0.200. The number of aromatic amines is 1. The topological polar surface area (TPSA) is 231 Å². The Morgan fingerprint density at radius 2 is 1.86 bits per heavy atom. The molecule has 0 saturated carbocycles. The van der Waals surface area contributed by atoms with E-state index in [1.54, 1.807) is 0 Å². The van der Waals surface area contributed by atoms with Crippen LogP contribution in [0.15, 0.2) is 29.1 Å². The van der Waals surface area contributed by atoms with E-state index in [-0.39, 0.29) is 75.9 Å². The van der Waals surface area contributed by atoms with Crippen LogP contribution < -0.4 is 27.2 Å². The van der Waals surface area contributed by atoms with Crippen LogP contribution in [0.25, 0.3) is 11.2 Å². The number of benzene rings is 1. The van der Waals surface area contributed by atoms with E-state index in [0.717, 1.165) is 4.90 Å². The molecule has 2 heterocycles. The molecule has 3 rings (SSSR count). The van der Waals surface area contributed by atoms with Crippen LogP contribution in [0, 0.1) is 0 Å². The number of fused-ring (bicyclic) bond motifs is 1. The van der Waals surface area contributed by atoms with Gasteiger partial charge in [-0.3, -0.25) is 14.4 Å². The fourth-order valence-electron chi connectivity index (χ4n) is 2.96. The zero-order valence-electron chi connectivity index (χ0n) is 21.5. The molecule has 179 valence electrons. The molecule has 0 saturated heterocycles. The van der Waals surface area contributed by atoms with Gasteiger partial charge in [-0.1, -0.05) is 0 Å². The minimum atomic E-state index is -2.73. The van der Waals surface area contributed by atoms with Gasteiger partial charge >= 0.3 is 11.9 Å². The summed E-state index contributed by atoms with van der Waals surface area (Å²) in [4.78, 5) is 62.1. The number of hydrogen-bond acceptors (Lipinski definition) is 10. The Kier molecular flexibility index (Phi) is 7.62. The van der Waals surface area contributed by atoms with Crippen LogP contribution in [-0.4, -0.2) is 90.6 Å². The second kappa shape index (κ2) is 11.6. The number of nitrogens with zero attached hydrogens (tertiary/aromatic N) is 4. The molecule has 14 nitrogen and oxygen atoms in total. The Balaban J connectivity index is 0.00000507. The summed E-state index contributed by atoms with van der Waals surface area (Å²) in [6.07, 6.45) is -0.784. The van der Waals surface area contributed by atoms with E-state index in [9.17, 15) is 24.3 Å². The van der Waals surface area contributed by atoms with Gasteiger partial charge in [0.05, 0.1) is 6.54 Å². The minimum absolute atomic E-state index is 0. The average Bonchev–Trinajstić information content (AvgIpc) is 2.79. The molecule has 15 heteroatoms. The van der Waals surface area contributed by atoms with Crippen molar-refractivity contribution in [2.45, 2.75) is 25.4 Å². The number of hydrogen-bond donors (Lipinski definition) is 6. The van der Waals surface area contributed by atoms with E-state index in [0.29, 0.717) is 0 Å². The summed E-state index contributed by atoms with van der Waals surface area (Å²) in [5.41, 5.74) is 10.5. The fraction of sp³-hybridized carbons (Fsp3) is 0.250. The van der Waals surface area contributed by atoms with Gasteiger partial charge in [0.1, 0.15) is 17.3 Å². The monoisotopic (exact) mass is 496 g/mol. The molecule has 35 heavy (non-hydrogen) atoms. The second-order valence-corrected chi connectivity index (χ2v) is 7.11. The molecule has 0 unspecified atom stereocenters. The number of carboxylic acid groups (broad SMARTS) is 2. The number of carbonyl (C=O) groups is 3. The molecule has 0 bridgehead atoms. The maximum Gasteiger partial charge on any atom is 0.326 e. The van der Waals surface area contributed by atoms with Crippen LogP contribution >= 0.6 is 0 Å². The predicted octanol–water partition coefficient (Wildman–Crippen LogP) is -0.819. The molecule has 0 aliphatic rings. The van der Waals surface area contributed by atoms with Gasteiger partial charge in [0.25, 0.3) is 11.5 Å². The Bertz CT molecular complexity index is 1420. The number of nitrogens with two attached hydrogens (primary N) is 2. The van der Waals surface area contributed by atoms with Crippen molar-refractivity contribution in [2.75, 3.05) is 23.3 Å². The SMILES string of the molecule is [2H]C([2H])([2H])N(Cc1nc2c(N)nc(N)nc2[nH]c1=O)c1ccc(C(=O)N[C@@H](CCC(=O)O)C(=O)O)cc1.[Na]. The molecule has 1 amide bonds. The molecule has 3 aromatic rings. The molecule has 2 aromatic heterocycles. The maximum atomic E-state index is 12.5. The third-order valence-corrected chi connectivity index (χ3v) is 4.67. The standard InChI is InChI=1S/C20H22N8O6.Na/c1-28(8-12-18(32)26-16-14(23-12)15(21)25-20(22)27-16)10-4-2-9(3-5-10)17(31)24-11(19(33)34)6-7-13(29)30;/h2-5,11H,6-8H2,1H3,(H,24,31)(H,29,30)(H,33,34)(H5,21,22,25,26,27,32);/t11-;/m0./s1/i1D3;. The van der Waals surface area contributed by atoms with E-state index in [1.165, 1.54) is 24.3 Å². The molecule has 0 fully saturated rings. The summed E-state index contributed by atoms with van der Waals surface area (Å²) >= 11 is 0. The van der Waals surface area contributed by atoms with Crippen molar-refractivity contribution >= 4 is 76.0 Å². The summed E-state index contributed by atoms with van der Waals surface area (Å²) in [6, 6.07) is 3.67. The van der Waals surface area contributed by atoms with Gasteiger partial charge in [0.15, 0.2) is 11.5 Å². The van der Waals surface area contributed by atoms with Gasteiger partial charge in [-0.2, -0.15) is 9.97 Å². The molecule has 0 spiro atoms. The van der Waals surface area contributed by atoms with Crippen LogP contribution in [0.2, 0.25) is 0 Å². The number of amides is 1. The van der Waals surface area contributed by atoms with Crippen molar-refractivity contribution in [3.8, 4) is 0 Å². The van der Waals surface area contributed by atoms with Crippen LogP contribution in [-0.2, 0) is 16.1 Å². The Morgan fingerprint density at radius 1 is 1.17 bits per heavy atom. The van der Waals surface area contributed by atoms with Gasteiger partial charge < -0.3 is 36.9 Å². The Morgan fingerprint density at radius 3 is 2.46 bits per heavy atom. The Labute approximate surface area is 224 Å². The minimum Gasteiger partial charge on any atom is -0.481 e. The van der Waals surface area contributed by atoms with E-state index >= 15 is 0 Å². The third kappa shape index (κ3) is 6.88. The van der Waals surface area contributed by atoms with Crippen molar-refractivity contribution in [2.24, 2.45) is 0 Å². The first-order valence-corrected chi connectivity index (χ1v) is 9.71. The van der Waals surface area contributed by atoms with Crippen molar-refractivity contribution in [3.05, 3.63) is 45.9 Å². The van der Waals surface area contributed by atoms with E-state index < -0.39 is 49.4 Å².